The first kappa shape index (κ1) is 10.9. The zero-order valence-electron chi connectivity index (χ0n) is 8.66. The number of rotatable bonds is 3. The number of aromatic nitrogens is 2. The summed E-state index contributed by atoms with van der Waals surface area (Å²) in [6.07, 6.45) is 1.19. The molecular weight excluding hydrogens is 226 g/mol. The summed E-state index contributed by atoms with van der Waals surface area (Å²) in [7, 11) is 0. The van der Waals surface area contributed by atoms with E-state index in [0.717, 1.165) is 4.57 Å². The van der Waals surface area contributed by atoms with Crippen LogP contribution in [0.4, 0.5) is 5.69 Å². The highest BCUT2D eigenvalue weighted by Crippen LogP contribution is 2.14. The summed E-state index contributed by atoms with van der Waals surface area (Å²) < 4.78 is 1.13. The lowest BCUT2D eigenvalue weighted by Gasteiger charge is -2.02. The number of H-pyrrole nitrogens is 1. The number of aromatic hydroxyl groups is 1. The largest absolute Gasteiger partial charge is 0.493 e. The summed E-state index contributed by atoms with van der Waals surface area (Å²) in [4.78, 5) is 23.5. The average Bonchev–Trinajstić information content (AvgIpc) is 2.61. The second-order valence-corrected chi connectivity index (χ2v) is 3.46. The van der Waals surface area contributed by atoms with Crippen LogP contribution >= 0.6 is 0 Å². The molecule has 0 bridgehead atoms. The standard InChI is InChI=1S/C10H9N3O4/c14-9-5-11-10(15)12(9)6-7-1-3-8(4-2-7)13(16)17/h1-5,14H,6H2,(H,11,15). The van der Waals surface area contributed by atoms with Gasteiger partial charge in [-0.1, -0.05) is 12.1 Å². The van der Waals surface area contributed by atoms with Crippen LogP contribution in [0.5, 0.6) is 5.88 Å². The Balaban J connectivity index is 2.25. The molecule has 0 aliphatic carbocycles. The summed E-state index contributed by atoms with van der Waals surface area (Å²) in [5.74, 6) is -0.173. The Morgan fingerprint density at radius 2 is 2.00 bits per heavy atom. The number of hydrogen-bond donors (Lipinski definition) is 2. The van der Waals surface area contributed by atoms with Crippen LogP contribution in [-0.4, -0.2) is 19.6 Å². The van der Waals surface area contributed by atoms with E-state index in [9.17, 15) is 20.0 Å². The van der Waals surface area contributed by atoms with Crippen molar-refractivity contribution in [3.63, 3.8) is 0 Å². The molecule has 0 amide bonds. The van der Waals surface area contributed by atoms with Gasteiger partial charge in [-0.25, -0.2) is 4.79 Å². The molecule has 0 radical (unpaired) electrons. The molecule has 17 heavy (non-hydrogen) atoms. The van der Waals surface area contributed by atoms with Crippen molar-refractivity contribution in [2.75, 3.05) is 0 Å². The van der Waals surface area contributed by atoms with Crippen LogP contribution < -0.4 is 5.69 Å². The van der Waals surface area contributed by atoms with Crippen molar-refractivity contribution in [2.45, 2.75) is 6.54 Å². The average molecular weight is 235 g/mol. The van der Waals surface area contributed by atoms with Gasteiger partial charge in [0.2, 0.25) is 5.88 Å². The Kier molecular flexibility index (Phi) is 2.65. The van der Waals surface area contributed by atoms with E-state index in [-0.39, 0.29) is 18.1 Å². The van der Waals surface area contributed by atoms with Crippen molar-refractivity contribution in [1.29, 1.82) is 0 Å². The number of nitro groups is 1. The maximum atomic E-state index is 11.3. The van der Waals surface area contributed by atoms with Gasteiger partial charge in [0.1, 0.15) is 0 Å². The van der Waals surface area contributed by atoms with Crippen molar-refractivity contribution in [1.82, 2.24) is 9.55 Å². The van der Waals surface area contributed by atoms with E-state index < -0.39 is 10.6 Å². The zero-order chi connectivity index (χ0) is 12.4. The Hall–Kier alpha value is -2.57. The van der Waals surface area contributed by atoms with Crippen molar-refractivity contribution in [3.05, 3.63) is 56.6 Å². The Labute approximate surface area is 95.1 Å². The van der Waals surface area contributed by atoms with Crippen LogP contribution in [0.1, 0.15) is 5.56 Å². The van der Waals surface area contributed by atoms with Gasteiger partial charge < -0.3 is 10.1 Å². The van der Waals surface area contributed by atoms with Gasteiger partial charge in [-0.3, -0.25) is 14.7 Å². The summed E-state index contributed by atoms with van der Waals surface area (Å²) in [5.41, 5.74) is 0.243. The Morgan fingerprint density at radius 3 is 2.47 bits per heavy atom. The van der Waals surface area contributed by atoms with Gasteiger partial charge in [-0.2, -0.15) is 0 Å². The zero-order valence-corrected chi connectivity index (χ0v) is 8.66. The maximum absolute atomic E-state index is 11.3. The number of non-ortho nitro benzene ring substituents is 1. The molecule has 1 aromatic heterocycles. The molecule has 1 heterocycles. The Bertz CT molecular complexity index is 597. The van der Waals surface area contributed by atoms with E-state index >= 15 is 0 Å². The summed E-state index contributed by atoms with van der Waals surface area (Å²) >= 11 is 0. The van der Waals surface area contributed by atoms with Gasteiger partial charge in [-0.05, 0) is 5.56 Å². The lowest BCUT2D eigenvalue weighted by atomic mass is 10.2. The van der Waals surface area contributed by atoms with Crippen molar-refractivity contribution in [2.24, 2.45) is 0 Å². The summed E-state index contributed by atoms with van der Waals surface area (Å²) in [6.45, 7) is 0.159. The van der Waals surface area contributed by atoms with Crippen LogP contribution in [0.3, 0.4) is 0 Å². The minimum atomic E-state index is -0.496. The van der Waals surface area contributed by atoms with Crippen molar-refractivity contribution in [3.8, 4) is 5.88 Å². The molecular formula is C10H9N3O4. The van der Waals surface area contributed by atoms with Crippen molar-refractivity contribution >= 4 is 5.69 Å². The topological polar surface area (TPSA) is 101 Å². The predicted molar refractivity (Wildman–Crippen MR) is 58.9 cm³/mol. The third-order valence-electron chi connectivity index (χ3n) is 2.33. The third kappa shape index (κ3) is 2.17. The van der Waals surface area contributed by atoms with Crippen LogP contribution in [0.15, 0.2) is 35.3 Å². The maximum Gasteiger partial charge on any atom is 0.328 e. The molecule has 0 saturated carbocycles. The smallest absolute Gasteiger partial charge is 0.328 e. The van der Waals surface area contributed by atoms with Gasteiger partial charge in [0.05, 0.1) is 17.7 Å². The number of hydrogen-bond acceptors (Lipinski definition) is 4. The number of imidazole rings is 1. The molecule has 0 saturated heterocycles. The fourth-order valence-corrected chi connectivity index (χ4v) is 1.44. The highest BCUT2D eigenvalue weighted by Gasteiger charge is 2.07. The molecule has 7 nitrogen and oxygen atoms in total. The molecule has 2 N–H and O–H groups in total. The molecule has 0 spiro atoms. The molecule has 2 aromatic rings. The van der Waals surface area contributed by atoms with Gasteiger partial charge in [-0.15, -0.1) is 0 Å². The quantitative estimate of drug-likeness (QED) is 0.607. The first-order valence-corrected chi connectivity index (χ1v) is 4.78. The number of benzene rings is 1. The van der Waals surface area contributed by atoms with Crippen LogP contribution in [-0.2, 0) is 6.54 Å². The summed E-state index contributed by atoms with van der Waals surface area (Å²) in [5, 5.41) is 19.8. The first-order valence-electron chi connectivity index (χ1n) is 4.78. The summed E-state index contributed by atoms with van der Waals surface area (Å²) in [6, 6.07) is 5.78. The number of nitro benzene ring substituents is 1. The van der Waals surface area contributed by atoms with E-state index in [1.165, 1.54) is 30.5 Å². The highest BCUT2D eigenvalue weighted by molar-refractivity contribution is 5.33. The molecule has 0 atom stereocenters. The van der Waals surface area contributed by atoms with E-state index in [4.69, 9.17) is 0 Å². The first-order chi connectivity index (χ1) is 8.08. The number of aromatic amines is 1. The molecule has 2 rings (SSSR count). The van der Waals surface area contributed by atoms with E-state index in [1.54, 1.807) is 0 Å². The third-order valence-corrected chi connectivity index (χ3v) is 2.33. The fraction of sp³-hybridized carbons (Fsp3) is 0.100. The molecule has 1 aromatic carbocycles. The minimum absolute atomic E-state index is 0.0145. The highest BCUT2D eigenvalue weighted by atomic mass is 16.6. The van der Waals surface area contributed by atoms with E-state index in [0.29, 0.717) is 5.56 Å². The van der Waals surface area contributed by atoms with Crippen molar-refractivity contribution < 1.29 is 10.0 Å². The molecule has 0 fully saturated rings. The van der Waals surface area contributed by atoms with E-state index in [2.05, 4.69) is 4.98 Å². The van der Waals surface area contributed by atoms with Gasteiger partial charge >= 0.3 is 5.69 Å². The van der Waals surface area contributed by atoms with Gasteiger partial charge in [0.15, 0.2) is 0 Å². The molecule has 7 heteroatoms. The normalized spacial score (nSPS) is 10.4. The van der Waals surface area contributed by atoms with Crippen LogP contribution in [0.2, 0.25) is 0 Å². The monoisotopic (exact) mass is 235 g/mol. The minimum Gasteiger partial charge on any atom is -0.493 e. The predicted octanol–water partition coefficient (Wildman–Crippen LogP) is 0.839. The lowest BCUT2D eigenvalue weighted by Crippen LogP contribution is -2.17. The molecule has 88 valence electrons. The second-order valence-electron chi connectivity index (χ2n) is 3.46. The van der Waals surface area contributed by atoms with E-state index in [1.807, 2.05) is 0 Å². The fourth-order valence-electron chi connectivity index (χ4n) is 1.44. The second kappa shape index (κ2) is 4.12. The van der Waals surface area contributed by atoms with Crippen LogP contribution in [0.25, 0.3) is 0 Å². The van der Waals surface area contributed by atoms with Gasteiger partial charge in [0, 0.05) is 12.1 Å². The number of nitrogens with one attached hydrogen (secondary N) is 1. The SMILES string of the molecule is O=c1[nH]cc(O)n1Cc1ccc([N+](=O)[O-])cc1. The molecule has 0 unspecified atom stereocenters. The Morgan fingerprint density at radius 1 is 1.35 bits per heavy atom. The van der Waals surface area contributed by atoms with Crippen LogP contribution in [0, 0.1) is 10.1 Å². The molecule has 0 aliphatic rings. The lowest BCUT2D eigenvalue weighted by molar-refractivity contribution is -0.384. The molecule has 0 aliphatic heterocycles. The number of nitrogens with zero attached hydrogens (tertiary/aromatic N) is 2. The van der Waals surface area contributed by atoms with Gasteiger partial charge in [0.25, 0.3) is 5.69 Å².